The lowest BCUT2D eigenvalue weighted by Gasteiger charge is -2.33. The standard InChI is InChI=1S/C24H27NO4.C6H8O2/c1-26-21-9-16-15-8-14-6-5-7-25(14)13-20(15)19-12-24(29-4)23(28-3)11-18(19)17(16)10-22(21)27-2;1-2-3-4-5-6(7)8/h9-12,14H,5-8,13H2,1-4H3;2-5H,1H3,(H,7,8)/b;3-2-,5-4-. The first kappa shape index (κ1) is 26.4. The number of hydrogen-bond acceptors (Lipinski definition) is 6. The average Bonchev–Trinajstić information content (AvgIpc) is 3.38. The smallest absolute Gasteiger partial charge is 0.328 e. The van der Waals surface area contributed by atoms with Gasteiger partial charge in [-0.3, -0.25) is 4.90 Å². The maximum Gasteiger partial charge on any atom is 0.328 e. The van der Waals surface area contributed by atoms with Crippen LogP contribution in [0.3, 0.4) is 0 Å². The molecule has 0 amide bonds. The van der Waals surface area contributed by atoms with Gasteiger partial charge >= 0.3 is 5.97 Å². The molecule has 2 aliphatic rings. The first-order chi connectivity index (χ1) is 17.9. The predicted molar refractivity (Wildman–Crippen MR) is 146 cm³/mol. The molecule has 3 aromatic carbocycles. The van der Waals surface area contributed by atoms with Crippen LogP contribution >= 0.6 is 0 Å². The van der Waals surface area contributed by atoms with Gasteiger partial charge in [-0.25, -0.2) is 4.79 Å². The quantitative estimate of drug-likeness (QED) is 0.260. The van der Waals surface area contributed by atoms with Gasteiger partial charge in [-0.2, -0.15) is 0 Å². The molecule has 37 heavy (non-hydrogen) atoms. The Morgan fingerprint density at radius 2 is 1.35 bits per heavy atom. The summed E-state index contributed by atoms with van der Waals surface area (Å²) in [7, 11) is 6.76. The normalized spacial score (nSPS) is 16.9. The van der Waals surface area contributed by atoms with Gasteiger partial charge in [0, 0.05) is 18.7 Å². The summed E-state index contributed by atoms with van der Waals surface area (Å²) in [5.74, 6) is 2.12. The van der Waals surface area contributed by atoms with E-state index in [1.807, 2.05) is 6.92 Å². The van der Waals surface area contributed by atoms with Gasteiger partial charge in [-0.05, 0) is 89.7 Å². The van der Waals surface area contributed by atoms with Crippen LogP contribution in [0.15, 0.2) is 48.6 Å². The average molecular weight is 506 g/mol. The minimum Gasteiger partial charge on any atom is -0.493 e. The Morgan fingerprint density at radius 1 is 0.838 bits per heavy atom. The second-order valence-corrected chi connectivity index (χ2v) is 9.16. The summed E-state index contributed by atoms with van der Waals surface area (Å²) in [6.07, 6.45) is 9.61. The minimum absolute atomic E-state index is 0.636. The fourth-order valence-electron chi connectivity index (χ4n) is 5.46. The van der Waals surface area contributed by atoms with Gasteiger partial charge in [-0.1, -0.05) is 18.2 Å². The highest BCUT2D eigenvalue weighted by Gasteiger charge is 2.33. The third kappa shape index (κ3) is 5.23. The lowest BCUT2D eigenvalue weighted by Crippen LogP contribution is -2.35. The summed E-state index contributed by atoms with van der Waals surface area (Å²) in [6, 6.07) is 9.12. The zero-order chi connectivity index (χ0) is 26.5. The number of aliphatic carboxylic acids is 1. The van der Waals surface area contributed by atoms with Crippen molar-refractivity contribution >= 4 is 27.5 Å². The molecule has 1 N–H and O–H groups in total. The number of rotatable bonds is 6. The van der Waals surface area contributed by atoms with Crippen LogP contribution in [0.4, 0.5) is 0 Å². The molecule has 0 saturated carbocycles. The van der Waals surface area contributed by atoms with E-state index in [0.717, 1.165) is 47.4 Å². The Bertz CT molecular complexity index is 1270. The fraction of sp³-hybridized carbons (Fsp3) is 0.367. The van der Waals surface area contributed by atoms with Crippen LogP contribution in [0.5, 0.6) is 23.0 Å². The maximum atomic E-state index is 9.75. The van der Waals surface area contributed by atoms with Crippen molar-refractivity contribution in [2.75, 3.05) is 35.0 Å². The van der Waals surface area contributed by atoms with Crippen LogP contribution in [0.1, 0.15) is 30.9 Å². The van der Waals surface area contributed by atoms with Gasteiger partial charge in [0.25, 0.3) is 0 Å². The first-order valence-electron chi connectivity index (χ1n) is 12.5. The van der Waals surface area contributed by atoms with Crippen LogP contribution in [-0.4, -0.2) is 57.0 Å². The Labute approximate surface area is 217 Å². The highest BCUT2D eigenvalue weighted by atomic mass is 16.5. The molecule has 3 aromatic rings. The summed E-state index contributed by atoms with van der Waals surface area (Å²) in [4.78, 5) is 12.4. The summed E-state index contributed by atoms with van der Waals surface area (Å²) in [5, 5.41) is 12.8. The lowest BCUT2D eigenvalue weighted by molar-refractivity contribution is -0.131. The zero-order valence-corrected chi connectivity index (χ0v) is 22.2. The number of fused-ring (bicyclic) bond motifs is 7. The summed E-state index contributed by atoms with van der Waals surface area (Å²) in [6.45, 7) is 3.99. The molecule has 1 fully saturated rings. The fourth-order valence-corrected chi connectivity index (χ4v) is 5.46. The molecule has 5 rings (SSSR count). The number of carboxylic acid groups (broad SMARTS) is 1. The number of methoxy groups -OCH3 is 4. The van der Waals surface area contributed by atoms with Gasteiger partial charge in [-0.15, -0.1) is 0 Å². The van der Waals surface area contributed by atoms with Crippen molar-refractivity contribution in [3.8, 4) is 23.0 Å². The van der Waals surface area contributed by atoms with E-state index < -0.39 is 5.97 Å². The molecule has 0 aromatic heterocycles. The predicted octanol–water partition coefficient (Wildman–Crippen LogP) is 5.75. The number of benzene rings is 3. The zero-order valence-electron chi connectivity index (χ0n) is 22.2. The molecule has 0 radical (unpaired) electrons. The lowest BCUT2D eigenvalue weighted by atomic mass is 9.85. The van der Waals surface area contributed by atoms with Gasteiger partial charge in [0.15, 0.2) is 23.0 Å². The monoisotopic (exact) mass is 505 g/mol. The van der Waals surface area contributed by atoms with Crippen molar-refractivity contribution in [1.82, 2.24) is 4.90 Å². The Balaban J connectivity index is 0.000000349. The summed E-state index contributed by atoms with van der Waals surface area (Å²) < 4.78 is 22.5. The van der Waals surface area contributed by atoms with E-state index in [2.05, 4.69) is 29.2 Å². The molecule has 7 nitrogen and oxygen atoms in total. The molecule has 0 bridgehead atoms. The second kappa shape index (κ2) is 11.6. The molecule has 1 atom stereocenters. The molecule has 7 heteroatoms. The van der Waals surface area contributed by atoms with E-state index in [1.165, 1.54) is 52.7 Å². The van der Waals surface area contributed by atoms with E-state index in [1.54, 1.807) is 40.6 Å². The SMILES string of the molecule is C/C=C\C=C/C(=O)O.COc1cc2c3c(c4cc(OC)c(OC)cc4c2cc1OC)CN1CCCC1C3. The van der Waals surface area contributed by atoms with Crippen molar-refractivity contribution < 1.29 is 28.8 Å². The molecular weight excluding hydrogens is 470 g/mol. The Morgan fingerprint density at radius 3 is 1.84 bits per heavy atom. The van der Waals surface area contributed by atoms with Crippen LogP contribution in [0, 0.1) is 0 Å². The molecule has 2 aliphatic heterocycles. The number of hydrogen-bond donors (Lipinski definition) is 1. The number of carboxylic acids is 1. The highest BCUT2D eigenvalue weighted by Crippen LogP contribution is 2.46. The van der Waals surface area contributed by atoms with E-state index >= 15 is 0 Å². The van der Waals surface area contributed by atoms with Crippen LogP contribution in [-0.2, 0) is 17.8 Å². The van der Waals surface area contributed by atoms with Crippen molar-refractivity contribution in [3.05, 3.63) is 59.7 Å². The minimum atomic E-state index is -0.914. The highest BCUT2D eigenvalue weighted by molar-refractivity contribution is 6.12. The maximum absolute atomic E-state index is 9.75. The van der Waals surface area contributed by atoms with Crippen molar-refractivity contribution in [2.24, 2.45) is 0 Å². The molecule has 2 heterocycles. The van der Waals surface area contributed by atoms with E-state index in [9.17, 15) is 4.79 Å². The van der Waals surface area contributed by atoms with Crippen molar-refractivity contribution in [2.45, 2.75) is 38.8 Å². The molecule has 0 aliphatic carbocycles. The molecular formula is C30H35NO6. The van der Waals surface area contributed by atoms with Gasteiger partial charge in [0.1, 0.15) is 0 Å². The topological polar surface area (TPSA) is 77.5 Å². The molecule has 1 unspecified atom stereocenters. The Kier molecular flexibility index (Phi) is 8.24. The molecule has 0 spiro atoms. The largest absolute Gasteiger partial charge is 0.493 e. The number of nitrogens with zero attached hydrogens (tertiary/aromatic N) is 1. The number of ether oxygens (including phenoxy) is 4. The first-order valence-corrected chi connectivity index (χ1v) is 12.5. The van der Waals surface area contributed by atoms with E-state index in [-0.39, 0.29) is 0 Å². The third-order valence-corrected chi connectivity index (χ3v) is 7.19. The van der Waals surface area contributed by atoms with Gasteiger partial charge in [0.05, 0.1) is 28.4 Å². The van der Waals surface area contributed by atoms with Crippen molar-refractivity contribution in [3.63, 3.8) is 0 Å². The van der Waals surface area contributed by atoms with Gasteiger partial charge < -0.3 is 24.1 Å². The summed E-state index contributed by atoms with van der Waals surface area (Å²) >= 11 is 0. The number of carbonyl (C=O) groups is 1. The summed E-state index contributed by atoms with van der Waals surface area (Å²) in [5.41, 5.74) is 2.84. The third-order valence-electron chi connectivity index (χ3n) is 7.19. The molecule has 1 saturated heterocycles. The van der Waals surface area contributed by atoms with E-state index in [0.29, 0.717) is 6.04 Å². The second-order valence-electron chi connectivity index (χ2n) is 9.16. The van der Waals surface area contributed by atoms with Crippen molar-refractivity contribution in [1.29, 1.82) is 0 Å². The van der Waals surface area contributed by atoms with Crippen LogP contribution < -0.4 is 18.9 Å². The van der Waals surface area contributed by atoms with Crippen LogP contribution in [0.2, 0.25) is 0 Å². The number of allylic oxidation sites excluding steroid dienone is 3. The van der Waals surface area contributed by atoms with Gasteiger partial charge in [0.2, 0.25) is 0 Å². The Hall–Kier alpha value is -3.71. The van der Waals surface area contributed by atoms with Crippen LogP contribution in [0.25, 0.3) is 21.5 Å². The molecule has 196 valence electrons. The van der Waals surface area contributed by atoms with E-state index in [4.69, 9.17) is 24.1 Å².